The van der Waals surface area contributed by atoms with Gasteiger partial charge in [0.15, 0.2) is 0 Å². The highest BCUT2D eigenvalue weighted by Crippen LogP contribution is 2.55. The van der Waals surface area contributed by atoms with Crippen molar-refractivity contribution in [1.82, 2.24) is 0 Å². The van der Waals surface area contributed by atoms with E-state index in [0.29, 0.717) is 0 Å². The van der Waals surface area contributed by atoms with Gasteiger partial charge in [-0.1, -0.05) is 217 Å². The number of rotatable bonds is 7. The first-order valence-electron chi connectivity index (χ1n) is 28.5. The molecular formula is C74H76BN3. The molecule has 2 aliphatic heterocycles. The molecule has 0 amide bonds. The number of anilines is 9. The third-order valence-electron chi connectivity index (χ3n) is 17.5. The molecule has 0 aromatic heterocycles. The summed E-state index contributed by atoms with van der Waals surface area (Å²) < 4.78 is 0. The first kappa shape index (κ1) is 51.2. The Labute approximate surface area is 466 Å². The molecule has 0 spiro atoms. The SMILES string of the molecule is CC(C)(C)c1ccc(N2c3ccc(C(C)(C)C)cc3B3c4cc5c(cc4N(c4c(-c6ccccc6)cc(C(C)(C)C)cc4-c4ccccc4)c4cc(N(c6ccccc6)c6ccccc6)cc2c43)C(C)(C)CCC5(C)C)cc1. The minimum absolute atomic E-state index is 0.00283. The summed E-state index contributed by atoms with van der Waals surface area (Å²) in [6.07, 6.45) is 2.25. The van der Waals surface area contributed by atoms with Crippen molar-refractivity contribution in [3.63, 3.8) is 0 Å². The van der Waals surface area contributed by atoms with E-state index in [4.69, 9.17) is 0 Å². The number of hydrogen-bond donors (Lipinski definition) is 0. The van der Waals surface area contributed by atoms with Crippen LogP contribution in [0, 0.1) is 0 Å². The van der Waals surface area contributed by atoms with Crippen LogP contribution in [-0.4, -0.2) is 6.71 Å². The minimum atomic E-state index is -0.131. The van der Waals surface area contributed by atoms with Gasteiger partial charge in [0.05, 0.1) is 11.4 Å². The number of hydrogen-bond acceptors (Lipinski definition) is 3. The Kier molecular flexibility index (Phi) is 12.2. The summed E-state index contributed by atoms with van der Waals surface area (Å²) in [7, 11) is 0. The monoisotopic (exact) mass is 1020 g/mol. The lowest BCUT2D eigenvalue weighted by atomic mass is 9.33. The van der Waals surface area contributed by atoms with Gasteiger partial charge >= 0.3 is 0 Å². The van der Waals surface area contributed by atoms with E-state index in [2.05, 4.69) is 305 Å². The van der Waals surface area contributed by atoms with Gasteiger partial charge in [-0.05, 0) is 168 Å². The molecule has 78 heavy (non-hydrogen) atoms. The van der Waals surface area contributed by atoms with E-state index in [1.54, 1.807) is 0 Å². The maximum Gasteiger partial charge on any atom is 0.252 e. The molecule has 0 unspecified atom stereocenters. The predicted octanol–water partition coefficient (Wildman–Crippen LogP) is 18.8. The van der Waals surface area contributed by atoms with E-state index >= 15 is 0 Å². The van der Waals surface area contributed by atoms with E-state index < -0.39 is 0 Å². The largest absolute Gasteiger partial charge is 0.311 e. The van der Waals surface area contributed by atoms with Crippen molar-refractivity contribution < 1.29 is 0 Å². The third kappa shape index (κ3) is 8.77. The molecule has 0 saturated carbocycles. The van der Waals surface area contributed by atoms with Crippen molar-refractivity contribution in [3.05, 3.63) is 228 Å². The fraction of sp³-hybridized carbons (Fsp3) is 0.270. The summed E-state index contributed by atoms with van der Waals surface area (Å²) in [6.45, 7) is 31.0. The summed E-state index contributed by atoms with van der Waals surface area (Å²) in [5.74, 6) is 0. The normalized spacial score (nSPS) is 15.3. The molecule has 390 valence electrons. The van der Waals surface area contributed by atoms with Crippen LogP contribution in [0.25, 0.3) is 22.3 Å². The molecule has 3 aliphatic rings. The molecular weight excluding hydrogens is 942 g/mol. The first-order valence-corrected chi connectivity index (χ1v) is 28.5. The zero-order valence-corrected chi connectivity index (χ0v) is 48.4. The molecule has 0 radical (unpaired) electrons. The molecule has 0 fully saturated rings. The summed E-state index contributed by atoms with van der Waals surface area (Å²) in [5, 5.41) is 0. The topological polar surface area (TPSA) is 9.72 Å². The molecule has 12 rings (SSSR count). The van der Waals surface area contributed by atoms with Gasteiger partial charge in [-0.15, -0.1) is 0 Å². The Balaban J connectivity index is 1.31. The van der Waals surface area contributed by atoms with E-state index in [1.165, 1.54) is 94.9 Å². The molecule has 0 bridgehead atoms. The molecule has 9 aromatic carbocycles. The zero-order valence-electron chi connectivity index (χ0n) is 48.4. The van der Waals surface area contributed by atoms with Crippen molar-refractivity contribution in [2.24, 2.45) is 0 Å². The quantitative estimate of drug-likeness (QED) is 0.147. The summed E-state index contributed by atoms with van der Waals surface area (Å²) in [4.78, 5) is 7.82. The zero-order chi connectivity index (χ0) is 54.7. The molecule has 9 aromatic rings. The molecule has 2 heterocycles. The van der Waals surface area contributed by atoms with Gasteiger partial charge in [-0.2, -0.15) is 0 Å². The fourth-order valence-corrected chi connectivity index (χ4v) is 12.9. The molecule has 0 atom stereocenters. The van der Waals surface area contributed by atoms with Gasteiger partial charge in [-0.3, -0.25) is 0 Å². The Morgan fingerprint density at radius 2 is 0.821 bits per heavy atom. The van der Waals surface area contributed by atoms with Crippen LogP contribution in [0.15, 0.2) is 200 Å². The highest BCUT2D eigenvalue weighted by atomic mass is 15.2. The lowest BCUT2D eigenvalue weighted by Gasteiger charge is -2.48. The number of para-hydroxylation sites is 2. The van der Waals surface area contributed by atoms with Gasteiger partial charge in [0.25, 0.3) is 6.71 Å². The second-order valence-electron chi connectivity index (χ2n) is 27.0. The highest BCUT2D eigenvalue weighted by Gasteiger charge is 2.48. The van der Waals surface area contributed by atoms with Crippen molar-refractivity contribution in [3.8, 4) is 22.3 Å². The van der Waals surface area contributed by atoms with Gasteiger partial charge in [0.2, 0.25) is 0 Å². The van der Waals surface area contributed by atoms with Crippen LogP contribution in [0.4, 0.5) is 51.2 Å². The van der Waals surface area contributed by atoms with Crippen LogP contribution < -0.4 is 31.1 Å². The third-order valence-corrected chi connectivity index (χ3v) is 17.5. The van der Waals surface area contributed by atoms with Gasteiger partial charge in [0.1, 0.15) is 0 Å². The summed E-state index contributed by atoms with van der Waals surface area (Å²) in [6, 6.07) is 76.6. The number of nitrogens with zero attached hydrogens (tertiary/aromatic N) is 3. The maximum atomic E-state index is 2.75. The Bertz CT molecular complexity index is 3620. The van der Waals surface area contributed by atoms with Gasteiger partial charge in [0, 0.05) is 50.9 Å². The lowest BCUT2D eigenvalue weighted by molar-refractivity contribution is 0.332. The highest BCUT2D eigenvalue weighted by molar-refractivity contribution is 7.00. The van der Waals surface area contributed by atoms with Crippen molar-refractivity contribution in [1.29, 1.82) is 0 Å². The van der Waals surface area contributed by atoms with Gasteiger partial charge in [-0.25, -0.2) is 0 Å². The second kappa shape index (κ2) is 18.5. The average Bonchev–Trinajstić information content (AvgIpc) is 2.54. The summed E-state index contributed by atoms with van der Waals surface area (Å²) in [5.41, 5.74) is 25.9. The van der Waals surface area contributed by atoms with Crippen LogP contribution in [0.2, 0.25) is 0 Å². The van der Waals surface area contributed by atoms with E-state index in [-0.39, 0.29) is 33.8 Å². The van der Waals surface area contributed by atoms with Crippen molar-refractivity contribution >= 4 is 74.3 Å². The standard InChI is InChI=1S/C74H76BN3/c1-70(2,3)51-34-37-56(38-35-51)77-64-39-36-52(71(4,5)6)44-62(64)75-63-47-60-61(74(12,13)41-40-73(60,10)11)48-65(63)78(67-46-57(45-66(77)68(67)75)76(54-30-22-16-23-31-54)55-32-24-17-25-33-55)69-58(49-26-18-14-19-27-49)42-53(72(7,8)9)43-59(69)50-28-20-15-21-29-50/h14-39,42-48H,40-41H2,1-13H3. The second-order valence-corrected chi connectivity index (χ2v) is 27.0. The van der Waals surface area contributed by atoms with Crippen molar-refractivity contribution in [2.75, 3.05) is 14.7 Å². The van der Waals surface area contributed by atoms with Crippen LogP contribution in [-0.2, 0) is 27.1 Å². The Morgan fingerprint density at radius 3 is 1.31 bits per heavy atom. The predicted molar refractivity (Wildman–Crippen MR) is 337 cm³/mol. The Hall–Kier alpha value is -7.56. The lowest BCUT2D eigenvalue weighted by Crippen LogP contribution is -2.62. The van der Waals surface area contributed by atoms with E-state index in [1.807, 2.05) is 0 Å². The number of benzene rings is 9. The van der Waals surface area contributed by atoms with Gasteiger partial charge < -0.3 is 14.7 Å². The van der Waals surface area contributed by atoms with E-state index in [0.717, 1.165) is 35.6 Å². The average molecular weight is 1020 g/mol. The van der Waals surface area contributed by atoms with Crippen LogP contribution in [0.3, 0.4) is 0 Å². The smallest absolute Gasteiger partial charge is 0.252 e. The van der Waals surface area contributed by atoms with Crippen LogP contribution >= 0.6 is 0 Å². The molecule has 4 heteroatoms. The number of fused-ring (bicyclic) bond motifs is 5. The minimum Gasteiger partial charge on any atom is -0.311 e. The van der Waals surface area contributed by atoms with Crippen molar-refractivity contribution in [2.45, 2.75) is 130 Å². The molecule has 1 aliphatic carbocycles. The Morgan fingerprint density at radius 1 is 0.385 bits per heavy atom. The summed E-state index contributed by atoms with van der Waals surface area (Å²) >= 11 is 0. The maximum absolute atomic E-state index is 2.75. The van der Waals surface area contributed by atoms with Crippen LogP contribution in [0.1, 0.15) is 131 Å². The van der Waals surface area contributed by atoms with E-state index in [9.17, 15) is 0 Å². The first-order chi connectivity index (χ1) is 37.1. The molecule has 3 nitrogen and oxygen atoms in total. The molecule has 0 saturated heterocycles. The molecule has 0 N–H and O–H groups in total. The fourth-order valence-electron chi connectivity index (χ4n) is 12.9. The van der Waals surface area contributed by atoms with Crippen LogP contribution in [0.5, 0.6) is 0 Å².